The van der Waals surface area contributed by atoms with Gasteiger partial charge in [0.15, 0.2) is 17.7 Å². The Morgan fingerprint density at radius 2 is 1.63 bits per heavy atom. The number of aromatic nitrogens is 2. The topological polar surface area (TPSA) is 96.2 Å². The molecular formula is C27H30F4N4O3. The van der Waals surface area contributed by atoms with Gasteiger partial charge in [-0.05, 0) is 63.8 Å². The second-order valence-electron chi connectivity index (χ2n) is 10.2. The van der Waals surface area contributed by atoms with E-state index >= 15 is 0 Å². The second kappa shape index (κ2) is 11.3. The van der Waals surface area contributed by atoms with Crippen LogP contribution in [0.2, 0.25) is 0 Å². The number of carbonyl (C=O) groups excluding carboxylic acids is 2. The molecule has 204 valence electrons. The van der Waals surface area contributed by atoms with Crippen LogP contribution in [0.3, 0.4) is 0 Å². The summed E-state index contributed by atoms with van der Waals surface area (Å²) >= 11 is 0. The summed E-state index contributed by atoms with van der Waals surface area (Å²) in [6.07, 6.45) is -1.70. The first kappa shape index (κ1) is 28.8. The molecule has 3 unspecified atom stereocenters. The minimum atomic E-state index is -2.03. The van der Waals surface area contributed by atoms with E-state index in [4.69, 9.17) is 0 Å². The first-order valence-corrected chi connectivity index (χ1v) is 12.0. The maximum Gasteiger partial charge on any atom is 0.254 e. The molecule has 11 heteroatoms. The van der Waals surface area contributed by atoms with E-state index in [1.54, 1.807) is 17.7 Å². The van der Waals surface area contributed by atoms with Crippen molar-refractivity contribution >= 4 is 17.6 Å². The Balaban J connectivity index is 1.74. The lowest BCUT2D eigenvalue weighted by Crippen LogP contribution is -2.44. The first-order chi connectivity index (χ1) is 17.7. The van der Waals surface area contributed by atoms with Crippen LogP contribution in [0.15, 0.2) is 42.5 Å². The average Bonchev–Trinajstić information content (AvgIpc) is 3.22. The van der Waals surface area contributed by atoms with Crippen LogP contribution in [0.25, 0.3) is 0 Å². The van der Waals surface area contributed by atoms with Crippen molar-refractivity contribution in [1.29, 1.82) is 0 Å². The highest BCUT2D eigenvalue weighted by atomic mass is 19.2. The second-order valence-corrected chi connectivity index (χ2v) is 10.2. The molecule has 0 saturated carbocycles. The zero-order valence-electron chi connectivity index (χ0n) is 21.7. The smallest absolute Gasteiger partial charge is 0.254 e. The van der Waals surface area contributed by atoms with E-state index in [9.17, 15) is 32.3 Å². The Morgan fingerprint density at radius 3 is 2.24 bits per heavy atom. The molecule has 0 fully saturated rings. The molecule has 1 aromatic heterocycles. The molecular weight excluding hydrogens is 504 g/mol. The van der Waals surface area contributed by atoms with Gasteiger partial charge in [-0.2, -0.15) is 5.10 Å². The number of nitrogens with zero attached hydrogens (tertiary/aromatic N) is 2. The summed E-state index contributed by atoms with van der Waals surface area (Å²) in [6.45, 7) is 8.74. The van der Waals surface area contributed by atoms with Crippen LogP contribution in [0, 0.1) is 23.3 Å². The van der Waals surface area contributed by atoms with Crippen molar-refractivity contribution in [3.63, 3.8) is 0 Å². The molecule has 1 heterocycles. The molecule has 0 radical (unpaired) electrons. The standard InChI is InChI=1S/C27H30F4N4O3/c1-14(16-10-17(28)12-18(29)11-16)9-19-13-22(35(34-19)27(3,4)5)33-25(37)15(2)32-26(38)24(36)20-7-6-8-21(30)23(20)31/h6-8,10-15,24,36H,9H2,1-5H3,(H,32,38)(H,33,37). The summed E-state index contributed by atoms with van der Waals surface area (Å²) in [7, 11) is 0. The molecule has 3 N–H and O–H groups in total. The van der Waals surface area contributed by atoms with E-state index in [0.717, 1.165) is 24.3 Å². The van der Waals surface area contributed by atoms with Crippen LogP contribution >= 0.6 is 0 Å². The number of aliphatic hydroxyl groups is 1. The third-order valence-corrected chi connectivity index (χ3v) is 5.89. The highest BCUT2D eigenvalue weighted by molar-refractivity contribution is 5.97. The van der Waals surface area contributed by atoms with Crippen molar-refractivity contribution < 1.29 is 32.3 Å². The lowest BCUT2D eigenvalue weighted by molar-refractivity contribution is -0.132. The maximum absolute atomic E-state index is 14.0. The fraction of sp³-hybridized carbons (Fsp3) is 0.370. The predicted molar refractivity (Wildman–Crippen MR) is 133 cm³/mol. The van der Waals surface area contributed by atoms with Crippen molar-refractivity contribution in [2.75, 3.05) is 5.32 Å². The molecule has 2 amide bonds. The normalized spacial score (nSPS) is 14.1. The van der Waals surface area contributed by atoms with Crippen LogP contribution in [-0.2, 0) is 21.5 Å². The van der Waals surface area contributed by atoms with Gasteiger partial charge >= 0.3 is 0 Å². The van der Waals surface area contributed by atoms with Gasteiger partial charge in [0.2, 0.25) is 5.91 Å². The predicted octanol–water partition coefficient (Wildman–Crippen LogP) is 4.72. The van der Waals surface area contributed by atoms with Gasteiger partial charge in [0.05, 0.1) is 11.2 Å². The average molecular weight is 535 g/mol. The lowest BCUT2D eigenvalue weighted by Gasteiger charge is -2.23. The monoisotopic (exact) mass is 534 g/mol. The minimum absolute atomic E-state index is 0.282. The number of amides is 2. The number of anilines is 1. The van der Waals surface area contributed by atoms with Crippen molar-refractivity contribution in [2.45, 2.75) is 64.6 Å². The molecule has 38 heavy (non-hydrogen) atoms. The fourth-order valence-corrected chi connectivity index (χ4v) is 3.89. The largest absolute Gasteiger partial charge is 0.378 e. The van der Waals surface area contributed by atoms with Gasteiger partial charge in [-0.15, -0.1) is 0 Å². The molecule has 7 nitrogen and oxygen atoms in total. The van der Waals surface area contributed by atoms with Gasteiger partial charge in [0.25, 0.3) is 5.91 Å². The summed E-state index contributed by atoms with van der Waals surface area (Å²) in [4.78, 5) is 25.3. The number of hydrogen-bond acceptors (Lipinski definition) is 4. The fourth-order valence-electron chi connectivity index (χ4n) is 3.89. The molecule has 3 aromatic rings. The minimum Gasteiger partial charge on any atom is -0.378 e. The number of nitrogens with one attached hydrogen (secondary N) is 2. The molecule has 2 aromatic carbocycles. The van der Waals surface area contributed by atoms with Crippen LogP contribution in [0.4, 0.5) is 23.4 Å². The van der Waals surface area contributed by atoms with E-state index < -0.39 is 58.3 Å². The van der Waals surface area contributed by atoms with Crippen molar-refractivity contribution in [1.82, 2.24) is 15.1 Å². The molecule has 3 rings (SSSR count). The Hall–Kier alpha value is -3.73. The lowest BCUT2D eigenvalue weighted by atomic mass is 9.96. The van der Waals surface area contributed by atoms with Crippen LogP contribution in [0.1, 0.15) is 63.5 Å². The number of benzene rings is 2. The van der Waals surface area contributed by atoms with Crippen molar-refractivity contribution in [3.8, 4) is 0 Å². The van der Waals surface area contributed by atoms with E-state index in [-0.39, 0.29) is 5.92 Å². The third kappa shape index (κ3) is 6.77. The molecule has 0 saturated heterocycles. The van der Waals surface area contributed by atoms with E-state index in [0.29, 0.717) is 23.5 Å². The summed E-state index contributed by atoms with van der Waals surface area (Å²) in [6, 6.07) is 6.84. The molecule has 0 aliphatic rings. The molecule has 3 atom stereocenters. The summed E-state index contributed by atoms with van der Waals surface area (Å²) in [5.41, 5.74) is -0.103. The Labute approximate surface area is 217 Å². The number of carbonyl (C=O) groups is 2. The molecule has 0 aliphatic heterocycles. The van der Waals surface area contributed by atoms with Crippen LogP contribution < -0.4 is 10.6 Å². The summed E-state index contributed by atoms with van der Waals surface area (Å²) in [5.74, 6) is -5.64. The third-order valence-electron chi connectivity index (χ3n) is 5.89. The highest BCUT2D eigenvalue weighted by Crippen LogP contribution is 2.27. The van der Waals surface area contributed by atoms with E-state index in [2.05, 4.69) is 15.7 Å². The summed E-state index contributed by atoms with van der Waals surface area (Å²) < 4.78 is 56.3. The number of halogens is 4. The van der Waals surface area contributed by atoms with Gasteiger partial charge in [0, 0.05) is 17.7 Å². The van der Waals surface area contributed by atoms with Gasteiger partial charge in [0.1, 0.15) is 23.5 Å². The zero-order chi connectivity index (χ0) is 28.4. The number of rotatable bonds is 8. The number of aliphatic hydroxyl groups excluding tert-OH is 1. The van der Waals surface area contributed by atoms with Gasteiger partial charge in [-0.3, -0.25) is 9.59 Å². The van der Waals surface area contributed by atoms with Crippen molar-refractivity contribution in [3.05, 3.63) is 82.6 Å². The highest BCUT2D eigenvalue weighted by Gasteiger charge is 2.27. The van der Waals surface area contributed by atoms with Crippen LogP contribution in [0.5, 0.6) is 0 Å². The van der Waals surface area contributed by atoms with Gasteiger partial charge in [-0.25, -0.2) is 22.2 Å². The summed E-state index contributed by atoms with van der Waals surface area (Å²) in [5, 5.41) is 19.7. The Morgan fingerprint density at radius 1 is 1.00 bits per heavy atom. The molecule has 0 spiro atoms. The van der Waals surface area contributed by atoms with E-state index in [1.807, 2.05) is 20.8 Å². The maximum atomic E-state index is 14.0. The zero-order valence-corrected chi connectivity index (χ0v) is 21.7. The first-order valence-electron chi connectivity index (χ1n) is 12.0. The van der Waals surface area contributed by atoms with E-state index in [1.165, 1.54) is 19.1 Å². The molecule has 0 bridgehead atoms. The quantitative estimate of drug-likeness (QED) is 0.365. The molecule has 0 aliphatic carbocycles. The van der Waals surface area contributed by atoms with Crippen molar-refractivity contribution in [2.24, 2.45) is 0 Å². The SMILES string of the molecule is CC(NC(=O)C(O)c1cccc(F)c1F)C(=O)Nc1cc(CC(C)c2cc(F)cc(F)c2)nn1C(C)(C)C. The van der Waals surface area contributed by atoms with Gasteiger partial charge < -0.3 is 15.7 Å². The number of hydrogen-bond donors (Lipinski definition) is 3. The van der Waals surface area contributed by atoms with Gasteiger partial charge in [-0.1, -0.05) is 19.1 Å². The Bertz CT molecular complexity index is 1320. The van der Waals surface area contributed by atoms with Crippen LogP contribution in [-0.4, -0.2) is 32.7 Å². The Kier molecular flexibility index (Phi) is 8.61.